The van der Waals surface area contributed by atoms with Crippen molar-refractivity contribution >= 4 is 6.01 Å². The summed E-state index contributed by atoms with van der Waals surface area (Å²) in [6.07, 6.45) is 4.13. The van der Waals surface area contributed by atoms with Crippen molar-refractivity contribution in [2.75, 3.05) is 5.73 Å². The van der Waals surface area contributed by atoms with E-state index in [2.05, 4.69) is 10.2 Å². The van der Waals surface area contributed by atoms with Crippen molar-refractivity contribution in [1.82, 2.24) is 10.2 Å². The number of aromatic nitrogens is 2. The van der Waals surface area contributed by atoms with Crippen LogP contribution >= 0.6 is 0 Å². The Kier molecular flexibility index (Phi) is 2.18. The zero-order valence-corrected chi connectivity index (χ0v) is 7.44. The Morgan fingerprint density at radius 1 is 1.15 bits per heavy atom. The van der Waals surface area contributed by atoms with Gasteiger partial charge < -0.3 is 15.9 Å². The molecule has 1 aromatic heterocycles. The van der Waals surface area contributed by atoms with E-state index < -0.39 is 0 Å². The van der Waals surface area contributed by atoms with Crippen LogP contribution in [0.3, 0.4) is 0 Å². The zero-order chi connectivity index (χ0) is 9.26. The first kappa shape index (κ1) is 8.50. The lowest BCUT2D eigenvalue weighted by Gasteiger charge is -2.23. The normalized spacial score (nSPS) is 29.0. The molecule has 1 aromatic rings. The monoisotopic (exact) mass is 182 g/mol. The number of hydrogen-bond acceptors (Lipinski definition) is 5. The minimum atomic E-state index is 0.157. The molecule has 1 aliphatic carbocycles. The van der Waals surface area contributed by atoms with Gasteiger partial charge in [-0.15, -0.1) is 5.10 Å². The number of nitrogens with zero attached hydrogens (tertiary/aromatic N) is 2. The van der Waals surface area contributed by atoms with Gasteiger partial charge in [-0.2, -0.15) is 0 Å². The molecule has 0 aliphatic heterocycles. The maximum absolute atomic E-state index is 5.79. The summed E-state index contributed by atoms with van der Waals surface area (Å²) >= 11 is 0. The predicted molar refractivity (Wildman–Crippen MR) is 47.9 cm³/mol. The summed E-state index contributed by atoms with van der Waals surface area (Å²) < 4.78 is 5.17. The van der Waals surface area contributed by atoms with Gasteiger partial charge in [0.2, 0.25) is 5.89 Å². The van der Waals surface area contributed by atoms with Gasteiger partial charge in [-0.05, 0) is 25.7 Å². The molecule has 0 radical (unpaired) electrons. The number of rotatable bonds is 1. The van der Waals surface area contributed by atoms with Crippen LogP contribution in [0.15, 0.2) is 4.42 Å². The summed E-state index contributed by atoms with van der Waals surface area (Å²) in [6.45, 7) is 0. The van der Waals surface area contributed by atoms with Gasteiger partial charge in [0, 0.05) is 12.0 Å². The molecule has 1 saturated carbocycles. The van der Waals surface area contributed by atoms with E-state index in [0.29, 0.717) is 17.9 Å². The first-order valence-corrected chi connectivity index (χ1v) is 4.60. The Hall–Kier alpha value is -1.10. The maximum Gasteiger partial charge on any atom is 0.312 e. The van der Waals surface area contributed by atoms with Crippen molar-refractivity contribution in [3.8, 4) is 0 Å². The van der Waals surface area contributed by atoms with Crippen LogP contribution in [-0.4, -0.2) is 16.2 Å². The molecule has 0 unspecified atom stereocenters. The molecule has 1 heterocycles. The molecule has 1 fully saturated rings. The molecule has 5 heteroatoms. The molecule has 5 nitrogen and oxygen atoms in total. The third kappa shape index (κ3) is 1.80. The van der Waals surface area contributed by atoms with Crippen molar-refractivity contribution in [3.05, 3.63) is 5.89 Å². The number of hydrogen-bond donors (Lipinski definition) is 2. The van der Waals surface area contributed by atoms with Crippen molar-refractivity contribution in [2.45, 2.75) is 37.6 Å². The van der Waals surface area contributed by atoms with E-state index in [4.69, 9.17) is 15.9 Å². The standard InChI is InChI=1S/C8H14N4O/c9-6-3-1-5(2-4-6)7-11-12-8(10)13-7/h5-6H,1-4,9H2,(H2,10,12). The van der Waals surface area contributed by atoms with E-state index in [1.807, 2.05) is 0 Å². The summed E-state index contributed by atoms with van der Waals surface area (Å²) in [4.78, 5) is 0. The molecule has 0 amide bonds. The predicted octanol–water partition coefficient (Wildman–Crippen LogP) is 0.637. The highest BCUT2D eigenvalue weighted by molar-refractivity contribution is 5.07. The van der Waals surface area contributed by atoms with Crippen LogP contribution in [0.5, 0.6) is 0 Å². The number of anilines is 1. The van der Waals surface area contributed by atoms with Gasteiger partial charge in [0.05, 0.1) is 0 Å². The first-order valence-electron chi connectivity index (χ1n) is 4.60. The van der Waals surface area contributed by atoms with Gasteiger partial charge >= 0.3 is 6.01 Å². The summed E-state index contributed by atoms with van der Waals surface area (Å²) in [7, 11) is 0. The van der Waals surface area contributed by atoms with Gasteiger partial charge in [0.1, 0.15) is 0 Å². The molecular formula is C8H14N4O. The van der Waals surface area contributed by atoms with E-state index in [-0.39, 0.29) is 6.01 Å². The third-order valence-corrected chi connectivity index (χ3v) is 2.58. The first-order chi connectivity index (χ1) is 6.25. The highest BCUT2D eigenvalue weighted by Crippen LogP contribution is 2.31. The molecule has 13 heavy (non-hydrogen) atoms. The molecule has 0 aromatic carbocycles. The molecule has 0 bridgehead atoms. The van der Waals surface area contributed by atoms with Crippen LogP contribution in [0.1, 0.15) is 37.5 Å². The quantitative estimate of drug-likeness (QED) is 0.665. The van der Waals surface area contributed by atoms with Gasteiger partial charge in [0.15, 0.2) is 0 Å². The molecule has 1 aliphatic rings. The van der Waals surface area contributed by atoms with E-state index in [0.717, 1.165) is 25.7 Å². The van der Waals surface area contributed by atoms with Gasteiger partial charge in [-0.3, -0.25) is 0 Å². The van der Waals surface area contributed by atoms with Crippen molar-refractivity contribution in [1.29, 1.82) is 0 Å². The smallest absolute Gasteiger partial charge is 0.312 e. The minimum absolute atomic E-state index is 0.157. The largest absolute Gasteiger partial charge is 0.408 e. The fourth-order valence-corrected chi connectivity index (χ4v) is 1.78. The SMILES string of the molecule is Nc1nnc(C2CCC(N)CC2)o1. The van der Waals surface area contributed by atoms with Gasteiger partial charge in [0.25, 0.3) is 0 Å². The Labute approximate surface area is 76.5 Å². The van der Waals surface area contributed by atoms with Crippen LogP contribution in [0.2, 0.25) is 0 Å². The Morgan fingerprint density at radius 3 is 2.38 bits per heavy atom. The van der Waals surface area contributed by atoms with Crippen molar-refractivity contribution in [3.63, 3.8) is 0 Å². The molecule has 0 spiro atoms. The lowest BCUT2D eigenvalue weighted by Crippen LogP contribution is -2.25. The average Bonchev–Trinajstić information content (AvgIpc) is 2.53. The van der Waals surface area contributed by atoms with E-state index in [9.17, 15) is 0 Å². The highest BCUT2D eigenvalue weighted by atomic mass is 16.4. The summed E-state index contributed by atoms with van der Waals surface area (Å²) in [5.74, 6) is 1.04. The second-order valence-electron chi connectivity index (χ2n) is 3.59. The van der Waals surface area contributed by atoms with Crippen molar-refractivity contribution < 1.29 is 4.42 Å². The van der Waals surface area contributed by atoms with E-state index >= 15 is 0 Å². The van der Waals surface area contributed by atoms with Crippen LogP contribution in [0, 0.1) is 0 Å². The van der Waals surface area contributed by atoms with Crippen LogP contribution in [0.25, 0.3) is 0 Å². The molecule has 72 valence electrons. The fourth-order valence-electron chi connectivity index (χ4n) is 1.78. The van der Waals surface area contributed by atoms with E-state index in [1.165, 1.54) is 0 Å². The lowest BCUT2D eigenvalue weighted by atomic mass is 9.86. The molecule has 4 N–H and O–H groups in total. The Morgan fingerprint density at radius 2 is 1.85 bits per heavy atom. The van der Waals surface area contributed by atoms with Gasteiger partial charge in [-0.1, -0.05) is 5.10 Å². The number of nitrogen functional groups attached to an aromatic ring is 1. The topological polar surface area (TPSA) is 91.0 Å². The molecule has 0 saturated heterocycles. The number of nitrogens with two attached hydrogens (primary N) is 2. The van der Waals surface area contributed by atoms with Crippen LogP contribution < -0.4 is 11.5 Å². The minimum Gasteiger partial charge on any atom is -0.408 e. The summed E-state index contributed by atoms with van der Waals surface area (Å²) in [5, 5.41) is 7.52. The second kappa shape index (κ2) is 3.33. The highest BCUT2D eigenvalue weighted by Gasteiger charge is 2.23. The maximum atomic E-state index is 5.79. The fraction of sp³-hybridized carbons (Fsp3) is 0.750. The third-order valence-electron chi connectivity index (χ3n) is 2.58. The molecular weight excluding hydrogens is 168 g/mol. The van der Waals surface area contributed by atoms with Crippen LogP contribution in [-0.2, 0) is 0 Å². The van der Waals surface area contributed by atoms with Gasteiger partial charge in [-0.25, -0.2) is 0 Å². The van der Waals surface area contributed by atoms with Crippen molar-refractivity contribution in [2.24, 2.45) is 5.73 Å². The zero-order valence-electron chi connectivity index (χ0n) is 7.44. The molecule has 0 atom stereocenters. The van der Waals surface area contributed by atoms with Crippen LogP contribution in [0.4, 0.5) is 6.01 Å². The Balaban J connectivity index is 2.02. The Bertz CT molecular complexity index is 277. The summed E-state index contributed by atoms with van der Waals surface area (Å²) in [6, 6.07) is 0.501. The summed E-state index contributed by atoms with van der Waals surface area (Å²) in [5.41, 5.74) is 11.1. The lowest BCUT2D eigenvalue weighted by molar-refractivity contribution is 0.342. The average molecular weight is 182 g/mol. The molecule has 2 rings (SSSR count). The second-order valence-corrected chi connectivity index (χ2v) is 3.59. The van der Waals surface area contributed by atoms with E-state index in [1.54, 1.807) is 0 Å².